The molecule has 1 amide bonds. The van der Waals surface area contributed by atoms with Crippen LogP contribution in [-0.2, 0) is 4.74 Å². The molecule has 0 spiro atoms. The molecule has 2 aromatic rings. The van der Waals surface area contributed by atoms with E-state index >= 15 is 0 Å². The summed E-state index contributed by atoms with van der Waals surface area (Å²) in [7, 11) is 1.33. The number of piperidine rings is 1. The van der Waals surface area contributed by atoms with E-state index in [2.05, 4.69) is 22.2 Å². The monoisotopic (exact) mass is 368 g/mol. The van der Waals surface area contributed by atoms with Crippen molar-refractivity contribution in [1.29, 1.82) is 0 Å². The van der Waals surface area contributed by atoms with Gasteiger partial charge in [0, 0.05) is 18.8 Å². The maximum Gasteiger partial charge on any atom is 0.339 e. The van der Waals surface area contributed by atoms with E-state index in [9.17, 15) is 9.59 Å². The van der Waals surface area contributed by atoms with E-state index in [1.165, 1.54) is 7.11 Å². The fraction of sp³-hybridized carbons (Fsp3) is 0.400. The second-order valence-electron chi connectivity index (χ2n) is 6.86. The molecule has 1 fully saturated rings. The van der Waals surface area contributed by atoms with Gasteiger partial charge >= 0.3 is 5.97 Å². The van der Waals surface area contributed by atoms with Gasteiger partial charge in [0.2, 0.25) is 5.95 Å². The van der Waals surface area contributed by atoms with Crippen LogP contribution in [0.1, 0.15) is 46.3 Å². The molecule has 0 atom stereocenters. The first-order valence-electron chi connectivity index (χ1n) is 9.07. The zero-order chi connectivity index (χ0) is 19.4. The molecule has 0 bridgehead atoms. The molecule has 0 aliphatic carbocycles. The van der Waals surface area contributed by atoms with Gasteiger partial charge in [0.25, 0.3) is 5.91 Å². The highest BCUT2D eigenvalue weighted by molar-refractivity contribution is 5.96. The highest BCUT2D eigenvalue weighted by Crippen LogP contribution is 2.21. The maximum absolute atomic E-state index is 12.8. The molecular weight excluding hydrogens is 344 g/mol. The normalized spacial score (nSPS) is 14.7. The number of rotatable bonds is 4. The summed E-state index contributed by atoms with van der Waals surface area (Å²) in [6.07, 6.45) is 2.01. The Morgan fingerprint density at radius 3 is 2.59 bits per heavy atom. The number of benzene rings is 1. The van der Waals surface area contributed by atoms with Crippen LogP contribution in [0.15, 0.2) is 30.3 Å². The number of anilines is 2. The topological polar surface area (TPSA) is 84.4 Å². The third kappa shape index (κ3) is 4.42. The van der Waals surface area contributed by atoms with Crippen LogP contribution < -0.4 is 5.32 Å². The van der Waals surface area contributed by atoms with Crippen LogP contribution in [0.2, 0.25) is 0 Å². The number of methoxy groups -OCH3 is 1. The largest absolute Gasteiger partial charge is 0.465 e. The van der Waals surface area contributed by atoms with Crippen molar-refractivity contribution in [1.82, 2.24) is 14.9 Å². The summed E-state index contributed by atoms with van der Waals surface area (Å²) in [5, 5.41) is 3.04. The van der Waals surface area contributed by atoms with Crippen molar-refractivity contribution in [2.45, 2.75) is 26.7 Å². The molecule has 142 valence electrons. The number of aryl methyl sites for hydroxylation is 1. The first-order chi connectivity index (χ1) is 13.0. The van der Waals surface area contributed by atoms with Gasteiger partial charge in [-0.3, -0.25) is 4.79 Å². The number of hydrogen-bond donors (Lipinski definition) is 1. The number of carbonyl (C=O) groups excluding carboxylic acids is 2. The van der Waals surface area contributed by atoms with Crippen molar-refractivity contribution in [3.63, 3.8) is 0 Å². The molecule has 1 aromatic carbocycles. The van der Waals surface area contributed by atoms with Gasteiger partial charge in [-0.1, -0.05) is 19.1 Å². The number of amides is 1. The summed E-state index contributed by atoms with van der Waals surface area (Å²) >= 11 is 0. The lowest BCUT2D eigenvalue weighted by Gasteiger charge is -2.30. The summed E-state index contributed by atoms with van der Waals surface area (Å²) < 4.78 is 4.81. The van der Waals surface area contributed by atoms with Gasteiger partial charge in [0.15, 0.2) is 0 Å². The summed E-state index contributed by atoms with van der Waals surface area (Å²) in [6.45, 7) is 5.51. The van der Waals surface area contributed by atoms with Crippen molar-refractivity contribution >= 4 is 23.5 Å². The minimum absolute atomic E-state index is 0.0864. The van der Waals surface area contributed by atoms with Crippen LogP contribution in [0.25, 0.3) is 0 Å². The van der Waals surface area contributed by atoms with Gasteiger partial charge in [0.1, 0.15) is 5.69 Å². The van der Waals surface area contributed by atoms with Gasteiger partial charge in [-0.25, -0.2) is 14.8 Å². The van der Waals surface area contributed by atoms with Gasteiger partial charge in [0.05, 0.1) is 18.4 Å². The second kappa shape index (κ2) is 8.16. The molecule has 1 aromatic heterocycles. The van der Waals surface area contributed by atoms with E-state index in [1.807, 2.05) is 11.8 Å². The fourth-order valence-electron chi connectivity index (χ4n) is 3.11. The Morgan fingerprint density at radius 1 is 1.19 bits per heavy atom. The Morgan fingerprint density at radius 2 is 1.89 bits per heavy atom. The molecule has 7 nitrogen and oxygen atoms in total. The number of ether oxygens (including phenoxy) is 1. The van der Waals surface area contributed by atoms with E-state index in [0.717, 1.165) is 25.9 Å². The maximum atomic E-state index is 12.8. The predicted octanol–water partition coefficient (Wildman–Crippen LogP) is 3.19. The standard InChI is InChI=1S/C20H24N4O3/c1-13-8-10-24(11-9-13)18(25)17-12-14(2)21-20(23-17)22-16-7-5-4-6-15(16)19(26)27-3/h4-7,12-13H,8-11H2,1-3H3,(H,21,22,23). The number of nitrogens with one attached hydrogen (secondary N) is 1. The average molecular weight is 368 g/mol. The lowest BCUT2D eigenvalue weighted by atomic mass is 9.99. The summed E-state index contributed by atoms with van der Waals surface area (Å²) in [5.74, 6) is 0.384. The highest BCUT2D eigenvalue weighted by atomic mass is 16.5. The molecule has 27 heavy (non-hydrogen) atoms. The molecule has 1 aliphatic heterocycles. The number of likely N-dealkylation sites (tertiary alicyclic amines) is 1. The summed E-state index contributed by atoms with van der Waals surface area (Å²) in [6, 6.07) is 8.64. The minimum atomic E-state index is -0.454. The van der Waals surface area contributed by atoms with Crippen molar-refractivity contribution in [3.8, 4) is 0 Å². The third-order valence-corrected chi connectivity index (χ3v) is 4.72. The molecular formula is C20H24N4O3. The Kier molecular flexibility index (Phi) is 5.69. The predicted molar refractivity (Wildman–Crippen MR) is 102 cm³/mol. The molecule has 0 unspecified atom stereocenters. The van der Waals surface area contributed by atoms with E-state index in [4.69, 9.17) is 4.74 Å². The van der Waals surface area contributed by atoms with Gasteiger partial charge < -0.3 is 15.0 Å². The van der Waals surface area contributed by atoms with Crippen molar-refractivity contribution in [2.24, 2.45) is 5.92 Å². The van der Waals surface area contributed by atoms with Crippen LogP contribution >= 0.6 is 0 Å². The zero-order valence-electron chi connectivity index (χ0n) is 15.9. The summed E-state index contributed by atoms with van der Waals surface area (Å²) in [5.41, 5.74) is 1.94. The number of nitrogens with zero attached hydrogens (tertiary/aromatic N) is 3. The lowest BCUT2D eigenvalue weighted by Crippen LogP contribution is -2.38. The van der Waals surface area contributed by atoms with E-state index in [1.54, 1.807) is 30.3 Å². The molecule has 2 heterocycles. The number of esters is 1. The fourth-order valence-corrected chi connectivity index (χ4v) is 3.11. The Balaban J connectivity index is 1.84. The SMILES string of the molecule is COC(=O)c1ccccc1Nc1nc(C)cc(C(=O)N2CCC(C)CC2)n1. The first kappa shape index (κ1) is 18.8. The molecule has 1 aliphatic rings. The quantitative estimate of drug-likeness (QED) is 0.835. The molecule has 7 heteroatoms. The van der Waals surface area contributed by atoms with Crippen LogP contribution in [0.4, 0.5) is 11.6 Å². The highest BCUT2D eigenvalue weighted by Gasteiger charge is 2.23. The number of para-hydroxylation sites is 1. The molecule has 0 saturated carbocycles. The van der Waals surface area contributed by atoms with Gasteiger partial charge in [-0.15, -0.1) is 0 Å². The Labute approximate surface area is 158 Å². The third-order valence-electron chi connectivity index (χ3n) is 4.72. The molecule has 1 N–H and O–H groups in total. The van der Waals surface area contributed by atoms with Gasteiger partial charge in [-0.2, -0.15) is 0 Å². The molecule has 0 radical (unpaired) electrons. The number of carbonyl (C=O) groups is 2. The van der Waals surface area contributed by atoms with E-state index in [-0.39, 0.29) is 11.9 Å². The first-order valence-corrected chi connectivity index (χ1v) is 9.07. The zero-order valence-corrected chi connectivity index (χ0v) is 15.9. The molecule has 1 saturated heterocycles. The van der Waals surface area contributed by atoms with Crippen LogP contribution in [-0.4, -0.2) is 46.9 Å². The van der Waals surface area contributed by atoms with Crippen LogP contribution in [0.5, 0.6) is 0 Å². The van der Waals surface area contributed by atoms with Crippen LogP contribution in [0, 0.1) is 12.8 Å². The van der Waals surface area contributed by atoms with Crippen molar-refractivity contribution in [3.05, 3.63) is 47.3 Å². The van der Waals surface area contributed by atoms with Crippen molar-refractivity contribution < 1.29 is 14.3 Å². The number of aromatic nitrogens is 2. The number of hydrogen-bond acceptors (Lipinski definition) is 6. The minimum Gasteiger partial charge on any atom is -0.465 e. The average Bonchev–Trinajstić information content (AvgIpc) is 2.67. The second-order valence-corrected chi connectivity index (χ2v) is 6.86. The lowest BCUT2D eigenvalue weighted by molar-refractivity contribution is 0.0601. The molecule has 3 rings (SSSR count). The summed E-state index contributed by atoms with van der Waals surface area (Å²) in [4.78, 5) is 35.3. The Hall–Kier alpha value is -2.96. The van der Waals surface area contributed by atoms with Crippen molar-refractivity contribution in [2.75, 3.05) is 25.5 Å². The van der Waals surface area contributed by atoms with E-state index in [0.29, 0.717) is 28.6 Å². The smallest absolute Gasteiger partial charge is 0.339 e. The van der Waals surface area contributed by atoms with E-state index < -0.39 is 5.97 Å². The van der Waals surface area contributed by atoms with Gasteiger partial charge in [-0.05, 0) is 43.9 Å². The Bertz CT molecular complexity index is 845. The van der Waals surface area contributed by atoms with Crippen LogP contribution in [0.3, 0.4) is 0 Å².